The van der Waals surface area contributed by atoms with Crippen LogP contribution in [0.2, 0.25) is 0 Å². The summed E-state index contributed by atoms with van der Waals surface area (Å²) in [5.41, 5.74) is 6.73. The largest absolute Gasteiger partial charge is 0.369 e. The van der Waals surface area contributed by atoms with Crippen molar-refractivity contribution in [3.63, 3.8) is 0 Å². The molecule has 0 unspecified atom stereocenters. The average Bonchev–Trinajstić information content (AvgIpc) is 3.04. The van der Waals surface area contributed by atoms with Crippen LogP contribution < -0.4 is 10.2 Å². The standard InChI is InChI=1S/C26H24FN7/c1-17-19(27)6-7-21(30-17)25-26(34-13-3-2-5-24(34)32-25)22-9-8-20-23(31-22)15-18(16-29-20)33-12-4-10-28-11-14-33/h2-3,5-9,13,15-16,28H,4,10-12,14H2,1H3. The molecule has 0 bridgehead atoms. The van der Waals surface area contributed by atoms with Crippen LogP contribution in [0, 0.1) is 12.7 Å². The van der Waals surface area contributed by atoms with Crippen LogP contribution in [0.1, 0.15) is 12.1 Å². The summed E-state index contributed by atoms with van der Waals surface area (Å²) >= 11 is 0. The second-order valence-electron chi connectivity index (χ2n) is 8.52. The first-order valence-corrected chi connectivity index (χ1v) is 11.5. The Hall–Kier alpha value is -3.91. The highest BCUT2D eigenvalue weighted by atomic mass is 19.1. The molecule has 170 valence electrons. The maximum atomic E-state index is 13.9. The number of halogens is 1. The van der Waals surface area contributed by atoms with Crippen LogP contribution in [0.25, 0.3) is 39.5 Å². The van der Waals surface area contributed by atoms with E-state index in [1.165, 1.54) is 6.07 Å². The predicted octanol–water partition coefficient (Wildman–Crippen LogP) is 4.25. The summed E-state index contributed by atoms with van der Waals surface area (Å²) in [7, 11) is 0. The molecule has 6 heterocycles. The van der Waals surface area contributed by atoms with Crippen molar-refractivity contribution in [1.29, 1.82) is 0 Å². The Kier molecular flexibility index (Phi) is 5.15. The van der Waals surface area contributed by atoms with Crippen molar-refractivity contribution in [3.05, 3.63) is 72.4 Å². The van der Waals surface area contributed by atoms with E-state index in [1.54, 1.807) is 13.0 Å². The number of nitrogens with one attached hydrogen (secondary N) is 1. The molecule has 1 fully saturated rings. The number of aryl methyl sites for hydroxylation is 1. The highest BCUT2D eigenvalue weighted by Gasteiger charge is 2.19. The molecule has 1 saturated heterocycles. The van der Waals surface area contributed by atoms with E-state index < -0.39 is 0 Å². The van der Waals surface area contributed by atoms with Gasteiger partial charge in [-0.3, -0.25) is 9.38 Å². The molecule has 1 N–H and O–H groups in total. The van der Waals surface area contributed by atoms with Crippen molar-refractivity contribution in [3.8, 4) is 22.8 Å². The summed E-state index contributed by atoms with van der Waals surface area (Å²) in [6.07, 6.45) is 4.99. The van der Waals surface area contributed by atoms with E-state index in [4.69, 9.17) is 9.97 Å². The Balaban J connectivity index is 1.51. The number of nitrogens with zero attached hydrogens (tertiary/aromatic N) is 6. The van der Waals surface area contributed by atoms with E-state index >= 15 is 0 Å². The monoisotopic (exact) mass is 453 g/mol. The smallest absolute Gasteiger partial charge is 0.144 e. The number of hydrogen-bond donors (Lipinski definition) is 1. The molecule has 8 heteroatoms. The van der Waals surface area contributed by atoms with Crippen LogP contribution in [0.15, 0.2) is 60.9 Å². The Morgan fingerprint density at radius 2 is 1.82 bits per heavy atom. The lowest BCUT2D eigenvalue weighted by molar-refractivity contribution is 0.610. The van der Waals surface area contributed by atoms with Gasteiger partial charge >= 0.3 is 0 Å². The number of hydrogen-bond acceptors (Lipinski definition) is 6. The molecular weight excluding hydrogens is 429 g/mol. The first-order valence-electron chi connectivity index (χ1n) is 11.5. The maximum absolute atomic E-state index is 13.9. The van der Waals surface area contributed by atoms with Gasteiger partial charge in [0, 0.05) is 25.8 Å². The lowest BCUT2D eigenvalue weighted by Gasteiger charge is -2.22. The van der Waals surface area contributed by atoms with Crippen molar-refractivity contribution in [2.45, 2.75) is 13.3 Å². The summed E-state index contributed by atoms with van der Waals surface area (Å²) in [6, 6.07) is 15.0. The fourth-order valence-corrected chi connectivity index (χ4v) is 4.50. The summed E-state index contributed by atoms with van der Waals surface area (Å²) in [4.78, 5) is 21.3. The Morgan fingerprint density at radius 3 is 2.74 bits per heavy atom. The number of anilines is 1. The Bertz CT molecular complexity index is 1500. The first kappa shape index (κ1) is 20.7. The van der Waals surface area contributed by atoms with Crippen LogP contribution >= 0.6 is 0 Å². The molecule has 5 aromatic rings. The molecule has 0 radical (unpaired) electrons. The third-order valence-electron chi connectivity index (χ3n) is 6.26. The zero-order valence-electron chi connectivity index (χ0n) is 18.9. The molecule has 7 nitrogen and oxygen atoms in total. The minimum atomic E-state index is -0.333. The topological polar surface area (TPSA) is 71.2 Å². The molecule has 0 amide bonds. The third kappa shape index (κ3) is 3.66. The van der Waals surface area contributed by atoms with Gasteiger partial charge in [-0.05, 0) is 62.4 Å². The molecule has 0 spiro atoms. The third-order valence-corrected chi connectivity index (χ3v) is 6.26. The van der Waals surface area contributed by atoms with Crippen molar-refractivity contribution >= 4 is 22.4 Å². The second kappa shape index (κ2) is 8.46. The summed E-state index contributed by atoms with van der Waals surface area (Å²) in [6.45, 7) is 5.59. The molecule has 34 heavy (non-hydrogen) atoms. The van der Waals surface area contributed by atoms with Gasteiger partial charge in [0.2, 0.25) is 0 Å². The second-order valence-corrected chi connectivity index (χ2v) is 8.52. The zero-order chi connectivity index (χ0) is 23.1. The number of pyridine rings is 4. The van der Waals surface area contributed by atoms with E-state index in [2.05, 4.69) is 26.3 Å². The number of fused-ring (bicyclic) bond motifs is 2. The molecule has 1 aliphatic heterocycles. The predicted molar refractivity (Wildman–Crippen MR) is 131 cm³/mol. The van der Waals surface area contributed by atoms with E-state index in [1.807, 2.05) is 47.1 Å². The quantitative estimate of drug-likeness (QED) is 0.440. The minimum Gasteiger partial charge on any atom is -0.369 e. The van der Waals surface area contributed by atoms with Crippen LogP contribution in [0.4, 0.5) is 10.1 Å². The summed E-state index contributed by atoms with van der Waals surface area (Å²) in [5, 5.41) is 3.44. The van der Waals surface area contributed by atoms with Crippen LogP contribution in [0.3, 0.4) is 0 Å². The van der Waals surface area contributed by atoms with Gasteiger partial charge < -0.3 is 10.2 Å². The van der Waals surface area contributed by atoms with Crippen LogP contribution in [-0.2, 0) is 0 Å². The fraction of sp³-hybridized carbons (Fsp3) is 0.231. The zero-order valence-corrected chi connectivity index (χ0v) is 18.9. The molecule has 5 aromatic heterocycles. The van der Waals surface area contributed by atoms with Gasteiger partial charge in [-0.15, -0.1) is 0 Å². The fourth-order valence-electron chi connectivity index (χ4n) is 4.50. The maximum Gasteiger partial charge on any atom is 0.144 e. The highest BCUT2D eigenvalue weighted by Crippen LogP contribution is 2.32. The summed E-state index contributed by atoms with van der Waals surface area (Å²) < 4.78 is 15.9. The number of imidazole rings is 1. The molecular formula is C26H24FN7. The van der Waals surface area contributed by atoms with Crippen molar-refractivity contribution < 1.29 is 4.39 Å². The van der Waals surface area contributed by atoms with Crippen LogP contribution in [0.5, 0.6) is 0 Å². The lowest BCUT2D eigenvalue weighted by atomic mass is 10.1. The lowest BCUT2D eigenvalue weighted by Crippen LogP contribution is -2.27. The minimum absolute atomic E-state index is 0.333. The van der Waals surface area contributed by atoms with E-state index in [-0.39, 0.29) is 5.82 Å². The van der Waals surface area contributed by atoms with Gasteiger partial charge in [0.05, 0.1) is 40.0 Å². The normalized spacial score (nSPS) is 14.6. The molecule has 0 atom stereocenters. The molecule has 6 rings (SSSR count). The van der Waals surface area contributed by atoms with Crippen molar-refractivity contribution in [1.82, 2.24) is 29.7 Å². The van der Waals surface area contributed by atoms with E-state index in [9.17, 15) is 4.39 Å². The van der Waals surface area contributed by atoms with Gasteiger partial charge in [-0.2, -0.15) is 0 Å². The first-order chi connectivity index (χ1) is 16.7. The summed E-state index contributed by atoms with van der Waals surface area (Å²) in [5.74, 6) is -0.333. The van der Waals surface area contributed by atoms with E-state index in [0.717, 1.165) is 66.4 Å². The highest BCUT2D eigenvalue weighted by molar-refractivity contribution is 5.84. The average molecular weight is 454 g/mol. The molecule has 0 aromatic carbocycles. The van der Waals surface area contributed by atoms with Gasteiger partial charge in [0.1, 0.15) is 22.9 Å². The molecule has 0 saturated carbocycles. The van der Waals surface area contributed by atoms with Crippen molar-refractivity contribution in [2.75, 3.05) is 31.1 Å². The van der Waals surface area contributed by atoms with Gasteiger partial charge in [-0.1, -0.05) is 6.07 Å². The van der Waals surface area contributed by atoms with Gasteiger partial charge in [-0.25, -0.2) is 19.3 Å². The van der Waals surface area contributed by atoms with Crippen LogP contribution in [-0.4, -0.2) is 50.5 Å². The van der Waals surface area contributed by atoms with E-state index in [0.29, 0.717) is 17.1 Å². The van der Waals surface area contributed by atoms with Crippen molar-refractivity contribution in [2.24, 2.45) is 0 Å². The molecule has 0 aliphatic carbocycles. The Labute approximate surface area is 196 Å². The van der Waals surface area contributed by atoms with Gasteiger partial charge in [0.25, 0.3) is 0 Å². The SMILES string of the molecule is Cc1nc(-c2nc3ccccn3c2-c2ccc3ncc(N4CCCNCC4)cc3n2)ccc1F. The molecule has 1 aliphatic rings. The Morgan fingerprint density at radius 1 is 0.912 bits per heavy atom. The van der Waals surface area contributed by atoms with Gasteiger partial charge in [0.15, 0.2) is 0 Å². The number of rotatable bonds is 3. The number of aromatic nitrogens is 5.